The molecule has 4 nitrogen and oxygen atoms in total. The van der Waals surface area contributed by atoms with Gasteiger partial charge in [0.05, 0.1) is 11.9 Å². The Balaban J connectivity index is 2.41. The minimum absolute atomic E-state index is 0.0451. The van der Waals surface area contributed by atoms with Gasteiger partial charge in [0.2, 0.25) is 0 Å². The standard InChI is InChI=1S/C14H16N2O2/c1-9(15)12(8-14(17)18)10-4-5-13-11(7-10)3-2-6-16-13/h2-7,9,12H,8,15H2,1H3,(H,17,18). The molecule has 0 aliphatic rings. The second-order valence-corrected chi connectivity index (χ2v) is 4.52. The SMILES string of the molecule is CC(N)C(CC(=O)O)c1ccc2ncccc2c1. The predicted octanol–water partition coefficient (Wildman–Crippen LogP) is 2.14. The van der Waals surface area contributed by atoms with E-state index in [1.807, 2.05) is 37.3 Å². The van der Waals surface area contributed by atoms with Gasteiger partial charge in [-0.15, -0.1) is 0 Å². The molecule has 1 aromatic carbocycles. The lowest BCUT2D eigenvalue weighted by Gasteiger charge is -2.19. The number of carbonyl (C=O) groups is 1. The van der Waals surface area contributed by atoms with E-state index in [0.29, 0.717) is 0 Å². The molecule has 2 rings (SSSR count). The van der Waals surface area contributed by atoms with Gasteiger partial charge in [-0.05, 0) is 30.7 Å². The molecule has 2 atom stereocenters. The van der Waals surface area contributed by atoms with Crippen LogP contribution in [-0.2, 0) is 4.79 Å². The summed E-state index contributed by atoms with van der Waals surface area (Å²) in [6.07, 6.45) is 1.78. The molecule has 2 unspecified atom stereocenters. The number of hydrogen-bond acceptors (Lipinski definition) is 3. The summed E-state index contributed by atoms with van der Waals surface area (Å²) in [5.74, 6) is -1.00. The maximum atomic E-state index is 10.9. The van der Waals surface area contributed by atoms with Gasteiger partial charge in [0, 0.05) is 23.5 Å². The van der Waals surface area contributed by atoms with Crippen LogP contribution in [-0.4, -0.2) is 22.1 Å². The van der Waals surface area contributed by atoms with E-state index in [0.717, 1.165) is 16.5 Å². The van der Waals surface area contributed by atoms with E-state index in [4.69, 9.17) is 10.8 Å². The molecule has 0 amide bonds. The fourth-order valence-corrected chi connectivity index (χ4v) is 2.12. The molecule has 0 fully saturated rings. The molecule has 3 N–H and O–H groups in total. The second kappa shape index (κ2) is 5.14. The molecular weight excluding hydrogens is 228 g/mol. The molecule has 0 radical (unpaired) electrons. The molecule has 0 saturated carbocycles. The third-order valence-electron chi connectivity index (χ3n) is 3.08. The largest absolute Gasteiger partial charge is 0.481 e. The number of fused-ring (bicyclic) bond motifs is 1. The lowest BCUT2D eigenvalue weighted by Crippen LogP contribution is -2.26. The van der Waals surface area contributed by atoms with Gasteiger partial charge in [-0.3, -0.25) is 9.78 Å². The highest BCUT2D eigenvalue weighted by molar-refractivity contribution is 5.79. The van der Waals surface area contributed by atoms with Crippen molar-refractivity contribution in [3.63, 3.8) is 0 Å². The highest BCUT2D eigenvalue weighted by Gasteiger charge is 2.19. The number of benzene rings is 1. The zero-order valence-corrected chi connectivity index (χ0v) is 10.2. The van der Waals surface area contributed by atoms with Gasteiger partial charge in [0.15, 0.2) is 0 Å². The van der Waals surface area contributed by atoms with Crippen molar-refractivity contribution in [1.82, 2.24) is 4.98 Å². The normalized spacial score (nSPS) is 14.3. The molecule has 0 spiro atoms. The lowest BCUT2D eigenvalue weighted by molar-refractivity contribution is -0.137. The highest BCUT2D eigenvalue weighted by atomic mass is 16.4. The van der Waals surface area contributed by atoms with Crippen LogP contribution >= 0.6 is 0 Å². The first kappa shape index (κ1) is 12.5. The Morgan fingerprint density at radius 3 is 2.89 bits per heavy atom. The molecule has 4 heteroatoms. The summed E-state index contributed by atoms with van der Waals surface area (Å²) in [5, 5.41) is 9.95. The van der Waals surface area contributed by atoms with Crippen LogP contribution < -0.4 is 5.73 Å². The number of pyridine rings is 1. The minimum atomic E-state index is -0.830. The quantitative estimate of drug-likeness (QED) is 0.863. The number of nitrogens with two attached hydrogens (primary N) is 1. The van der Waals surface area contributed by atoms with Crippen LogP contribution in [0.15, 0.2) is 36.5 Å². The van der Waals surface area contributed by atoms with Gasteiger partial charge in [0.25, 0.3) is 0 Å². The van der Waals surface area contributed by atoms with Crippen molar-refractivity contribution in [1.29, 1.82) is 0 Å². The molecule has 94 valence electrons. The van der Waals surface area contributed by atoms with Gasteiger partial charge in [-0.1, -0.05) is 12.1 Å². The summed E-state index contributed by atoms with van der Waals surface area (Å²) < 4.78 is 0. The maximum Gasteiger partial charge on any atom is 0.304 e. The van der Waals surface area contributed by atoms with Crippen LogP contribution in [0.25, 0.3) is 10.9 Å². The highest BCUT2D eigenvalue weighted by Crippen LogP contribution is 2.25. The van der Waals surface area contributed by atoms with Crippen molar-refractivity contribution < 1.29 is 9.90 Å². The Hall–Kier alpha value is -1.94. The molecule has 0 aliphatic carbocycles. The van der Waals surface area contributed by atoms with Crippen molar-refractivity contribution >= 4 is 16.9 Å². The van der Waals surface area contributed by atoms with Crippen LogP contribution in [0, 0.1) is 0 Å². The Kier molecular flexibility index (Phi) is 3.58. The summed E-state index contributed by atoms with van der Waals surface area (Å²) >= 11 is 0. The van der Waals surface area contributed by atoms with Crippen LogP contribution in [0.2, 0.25) is 0 Å². The summed E-state index contributed by atoms with van der Waals surface area (Å²) in [4.78, 5) is 15.1. The third kappa shape index (κ3) is 2.65. The average molecular weight is 244 g/mol. The van der Waals surface area contributed by atoms with E-state index in [1.165, 1.54) is 0 Å². The van der Waals surface area contributed by atoms with E-state index in [9.17, 15) is 4.79 Å². The summed E-state index contributed by atoms with van der Waals surface area (Å²) in [6, 6.07) is 9.41. The predicted molar refractivity (Wildman–Crippen MR) is 70.4 cm³/mol. The van der Waals surface area contributed by atoms with Gasteiger partial charge in [0.1, 0.15) is 0 Å². The zero-order chi connectivity index (χ0) is 13.1. The summed E-state index contributed by atoms with van der Waals surface area (Å²) in [7, 11) is 0. The molecule has 1 aromatic heterocycles. The first-order valence-electron chi connectivity index (χ1n) is 5.90. The Morgan fingerprint density at radius 1 is 1.44 bits per heavy atom. The van der Waals surface area contributed by atoms with Crippen molar-refractivity contribution in [2.75, 3.05) is 0 Å². The van der Waals surface area contributed by atoms with E-state index >= 15 is 0 Å². The number of nitrogens with zero attached hydrogens (tertiary/aromatic N) is 1. The maximum absolute atomic E-state index is 10.9. The van der Waals surface area contributed by atoms with Gasteiger partial charge in [-0.25, -0.2) is 0 Å². The van der Waals surface area contributed by atoms with Crippen LogP contribution in [0.3, 0.4) is 0 Å². The molecule has 0 saturated heterocycles. The number of carboxylic acid groups (broad SMARTS) is 1. The van der Waals surface area contributed by atoms with Gasteiger partial charge < -0.3 is 10.8 Å². The fraction of sp³-hybridized carbons (Fsp3) is 0.286. The number of aromatic nitrogens is 1. The first-order valence-corrected chi connectivity index (χ1v) is 5.90. The van der Waals surface area contributed by atoms with E-state index in [1.54, 1.807) is 6.20 Å². The van der Waals surface area contributed by atoms with E-state index in [-0.39, 0.29) is 18.4 Å². The smallest absolute Gasteiger partial charge is 0.304 e. The number of aliphatic carboxylic acids is 1. The molecule has 18 heavy (non-hydrogen) atoms. The van der Waals surface area contributed by atoms with Crippen LogP contribution in [0.5, 0.6) is 0 Å². The van der Waals surface area contributed by atoms with E-state index < -0.39 is 5.97 Å². The average Bonchev–Trinajstić information content (AvgIpc) is 2.35. The van der Waals surface area contributed by atoms with Gasteiger partial charge in [-0.2, -0.15) is 0 Å². The molecule has 0 aliphatic heterocycles. The zero-order valence-electron chi connectivity index (χ0n) is 10.2. The third-order valence-corrected chi connectivity index (χ3v) is 3.08. The fourth-order valence-electron chi connectivity index (χ4n) is 2.12. The second-order valence-electron chi connectivity index (χ2n) is 4.52. The lowest BCUT2D eigenvalue weighted by atomic mass is 9.89. The summed E-state index contributed by atoms with van der Waals surface area (Å²) in [6.45, 7) is 1.83. The van der Waals surface area contributed by atoms with Gasteiger partial charge >= 0.3 is 5.97 Å². The first-order chi connectivity index (χ1) is 8.58. The monoisotopic (exact) mass is 244 g/mol. The Bertz CT molecular complexity index is 566. The summed E-state index contributed by atoms with van der Waals surface area (Å²) in [5.41, 5.74) is 7.74. The molecular formula is C14H16N2O2. The number of rotatable bonds is 4. The minimum Gasteiger partial charge on any atom is -0.481 e. The molecule has 1 heterocycles. The molecule has 2 aromatic rings. The van der Waals surface area contributed by atoms with Crippen molar-refractivity contribution in [3.8, 4) is 0 Å². The number of hydrogen-bond donors (Lipinski definition) is 2. The van der Waals surface area contributed by atoms with Crippen molar-refractivity contribution in [3.05, 3.63) is 42.1 Å². The van der Waals surface area contributed by atoms with Crippen LogP contribution in [0.4, 0.5) is 0 Å². The Labute approximate surface area is 105 Å². The van der Waals surface area contributed by atoms with E-state index in [2.05, 4.69) is 4.98 Å². The van der Waals surface area contributed by atoms with Crippen LogP contribution in [0.1, 0.15) is 24.8 Å². The van der Waals surface area contributed by atoms with Crippen molar-refractivity contribution in [2.24, 2.45) is 5.73 Å². The number of carboxylic acids is 1. The topological polar surface area (TPSA) is 76.2 Å². The Morgan fingerprint density at radius 2 is 2.22 bits per heavy atom. The molecule has 0 bridgehead atoms. The van der Waals surface area contributed by atoms with Crippen molar-refractivity contribution in [2.45, 2.75) is 25.3 Å².